The first-order chi connectivity index (χ1) is 11.5. The number of sulfonamides is 1. The molecule has 0 aliphatic carbocycles. The summed E-state index contributed by atoms with van der Waals surface area (Å²) >= 11 is 0. The Balaban J connectivity index is 1.76. The van der Waals surface area contributed by atoms with E-state index in [2.05, 4.69) is 6.92 Å². The van der Waals surface area contributed by atoms with Crippen LogP contribution in [0.25, 0.3) is 0 Å². The second-order valence-corrected chi connectivity index (χ2v) is 8.32. The molecule has 2 fully saturated rings. The van der Waals surface area contributed by atoms with E-state index in [-0.39, 0.29) is 16.8 Å². The topological polar surface area (TPSA) is 66.9 Å². The first kappa shape index (κ1) is 17.4. The molecule has 0 saturated carbocycles. The summed E-state index contributed by atoms with van der Waals surface area (Å²) in [4.78, 5) is 14.7. The lowest BCUT2D eigenvalue weighted by molar-refractivity contribution is 0.0635. The molecule has 2 aliphatic heterocycles. The number of hydrogen-bond donors (Lipinski definition) is 0. The fraction of sp³-hybridized carbons (Fsp3) is 0.588. The Labute approximate surface area is 143 Å². The van der Waals surface area contributed by atoms with E-state index in [0.29, 0.717) is 31.9 Å². The molecule has 24 heavy (non-hydrogen) atoms. The van der Waals surface area contributed by atoms with E-state index in [1.807, 2.05) is 4.90 Å². The largest absolute Gasteiger partial charge is 0.379 e. The van der Waals surface area contributed by atoms with Gasteiger partial charge in [0.15, 0.2) is 0 Å². The van der Waals surface area contributed by atoms with Crippen LogP contribution in [0.4, 0.5) is 0 Å². The monoisotopic (exact) mass is 352 g/mol. The van der Waals surface area contributed by atoms with Crippen molar-refractivity contribution in [1.82, 2.24) is 9.21 Å². The summed E-state index contributed by atoms with van der Waals surface area (Å²) in [6.07, 6.45) is 3.20. The maximum absolute atomic E-state index is 12.6. The average molecular weight is 352 g/mol. The number of amides is 1. The molecular formula is C17H24N2O4S. The van der Waals surface area contributed by atoms with Crippen molar-refractivity contribution in [2.75, 3.05) is 32.8 Å². The van der Waals surface area contributed by atoms with Gasteiger partial charge in [-0.15, -0.1) is 0 Å². The number of morpholine rings is 1. The molecule has 0 unspecified atom stereocenters. The van der Waals surface area contributed by atoms with Gasteiger partial charge in [0, 0.05) is 31.2 Å². The minimum atomic E-state index is -3.51. The summed E-state index contributed by atoms with van der Waals surface area (Å²) in [6, 6.07) is 6.55. The molecule has 1 aromatic rings. The molecule has 0 N–H and O–H groups in total. The lowest BCUT2D eigenvalue weighted by Gasteiger charge is -2.33. The van der Waals surface area contributed by atoms with Crippen molar-refractivity contribution in [1.29, 1.82) is 0 Å². The van der Waals surface area contributed by atoms with Gasteiger partial charge in [0.2, 0.25) is 10.0 Å². The van der Waals surface area contributed by atoms with Gasteiger partial charge < -0.3 is 9.64 Å². The SMILES string of the molecule is C[C@H]1CCCCN1C(=O)c1ccc(S(=O)(=O)N2CCOCC2)cc1. The van der Waals surface area contributed by atoms with Gasteiger partial charge in [0.05, 0.1) is 18.1 Å². The number of ether oxygens (including phenoxy) is 1. The fourth-order valence-electron chi connectivity index (χ4n) is 3.27. The predicted octanol–water partition coefficient (Wildman–Crippen LogP) is 1.72. The van der Waals surface area contributed by atoms with Gasteiger partial charge in [-0.3, -0.25) is 4.79 Å². The third-order valence-electron chi connectivity index (χ3n) is 4.77. The van der Waals surface area contributed by atoms with Crippen molar-refractivity contribution < 1.29 is 17.9 Å². The molecule has 0 radical (unpaired) electrons. The molecule has 2 aliphatic rings. The Bertz CT molecular complexity index is 681. The maximum atomic E-state index is 12.6. The third-order valence-corrected chi connectivity index (χ3v) is 6.69. The van der Waals surface area contributed by atoms with Crippen LogP contribution in [0, 0.1) is 0 Å². The minimum Gasteiger partial charge on any atom is -0.379 e. The third kappa shape index (κ3) is 3.48. The van der Waals surface area contributed by atoms with E-state index < -0.39 is 10.0 Å². The zero-order valence-corrected chi connectivity index (χ0v) is 14.8. The molecule has 1 amide bonds. The lowest BCUT2D eigenvalue weighted by atomic mass is 10.0. The quantitative estimate of drug-likeness (QED) is 0.831. The van der Waals surface area contributed by atoms with Crippen molar-refractivity contribution in [3.8, 4) is 0 Å². The molecule has 6 nitrogen and oxygen atoms in total. The highest BCUT2D eigenvalue weighted by Gasteiger charge is 2.27. The van der Waals surface area contributed by atoms with Crippen LogP contribution in [0.15, 0.2) is 29.2 Å². The number of rotatable bonds is 3. The molecule has 1 aromatic carbocycles. The standard InChI is InChI=1S/C17H24N2O4S/c1-14-4-2-3-9-19(14)17(20)15-5-7-16(8-6-15)24(21,22)18-10-12-23-13-11-18/h5-8,14H,2-4,9-13H2,1H3/t14-/m0/s1. The minimum absolute atomic E-state index is 0.0162. The highest BCUT2D eigenvalue weighted by atomic mass is 32.2. The van der Waals surface area contributed by atoms with Crippen LogP contribution >= 0.6 is 0 Å². The van der Waals surface area contributed by atoms with E-state index >= 15 is 0 Å². The van der Waals surface area contributed by atoms with Crippen LogP contribution in [0.2, 0.25) is 0 Å². The number of piperidine rings is 1. The summed E-state index contributed by atoms with van der Waals surface area (Å²) < 4.78 is 31.8. The summed E-state index contributed by atoms with van der Waals surface area (Å²) in [5.41, 5.74) is 0.546. The fourth-order valence-corrected chi connectivity index (χ4v) is 4.68. The Morgan fingerprint density at radius 1 is 1.08 bits per heavy atom. The molecule has 3 rings (SSSR count). The summed E-state index contributed by atoms with van der Waals surface area (Å²) in [7, 11) is -3.51. The maximum Gasteiger partial charge on any atom is 0.254 e. The zero-order chi connectivity index (χ0) is 17.2. The Morgan fingerprint density at radius 3 is 2.38 bits per heavy atom. The molecule has 0 bridgehead atoms. The molecule has 2 saturated heterocycles. The van der Waals surface area contributed by atoms with Crippen molar-refractivity contribution in [3.05, 3.63) is 29.8 Å². The Kier molecular flexibility index (Phi) is 5.22. The van der Waals surface area contributed by atoms with Crippen molar-refractivity contribution in [2.24, 2.45) is 0 Å². The molecular weight excluding hydrogens is 328 g/mol. The predicted molar refractivity (Wildman–Crippen MR) is 90.4 cm³/mol. The average Bonchev–Trinajstić information content (AvgIpc) is 2.62. The molecule has 132 valence electrons. The lowest BCUT2D eigenvalue weighted by Crippen LogP contribution is -2.42. The van der Waals surface area contributed by atoms with Crippen molar-refractivity contribution >= 4 is 15.9 Å². The van der Waals surface area contributed by atoms with Gasteiger partial charge in [-0.2, -0.15) is 4.31 Å². The van der Waals surface area contributed by atoms with Crippen LogP contribution in [0.5, 0.6) is 0 Å². The van der Waals surface area contributed by atoms with Crippen LogP contribution in [-0.4, -0.2) is 62.4 Å². The van der Waals surface area contributed by atoms with Crippen LogP contribution in [0.1, 0.15) is 36.5 Å². The van der Waals surface area contributed by atoms with Crippen molar-refractivity contribution in [3.63, 3.8) is 0 Å². The van der Waals surface area contributed by atoms with Crippen LogP contribution in [-0.2, 0) is 14.8 Å². The number of nitrogens with zero attached hydrogens (tertiary/aromatic N) is 2. The van der Waals surface area contributed by atoms with Crippen LogP contribution < -0.4 is 0 Å². The first-order valence-corrected chi connectivity index (χ1v) is 9.93. The normalized spacial score (nSPS) is 23.2. The number of carbonyl (C=O) groups is 1. The highest BCUT2D eigenvalue weighted by molar-refractivity contribution is 7.89. The molecule has 0 spiro atoms. The summed E-state index contributed by atoms with van der Waals surface area (Å²) in [5.74, 6) is -0.0162. The van der Waals surface area contributed by atoms with Gasteiger partial charge in [0.1, 0.15) is 0 Å². The summed E-state index contributed by atoms with van der Waals surface area (Å²) in [6.45, 7) is 4.41. The second-order valence-electron chi connectivity index (χ2n) is 6.38. The van der Waals surface area contributed by atoms with Gasteiger partial charge in [0.25, 0.3) is 5.91 Å². The Hall–Kier alpha value is -1.44. The van der Waals surface area contributed by atoms with Gasteiger partial charge in [-0.05, 0) is 50.5 Å². The molecule has 7 heteroatoms. The molecule has 2 heterocycles. The van der Waals surface area contributed by atoms with Gasteiger partial charge in [-0.1, -0.05) is 0 Å². The number of likely N-dealkylation sites (tertiary alicyclic amines) is 1. The number of hydrogen-bond acceptors (Lipinski definition) is 4. The van der Waals surface area contributed by atoms with Gasteiger partial charge >= 0.3 is 0 Å². The summed E-state index contributed by atoms with van der Waals surface area (Å²) in [5, 5.41) is 0. The Morgan fingerprint density at radius 2 is 1.75 bits per heavy atom. The van der Waals surface area contributed by atoms with E-state index in [1.165, 1.54) is 16.4 Å². The molecule has 0 aromatic heterocycles. The van der Waals surface area contributed by atoms with E-state index in [4.69, 9.17) is 4.74 Å². The second kappa shape index (κ2) is 7.21. The number of benzene rings is 1. The van der Waals surface area contributed by atoms with E-state index in [1.54, 1.807) is 12.1 Å². The smallest absolute Gasteiger partial charge is 0.254 e. The van der Waals surface area contributed by atoms with Crippen LogP contribution in [0.3, 0.4) is 0 Å². The number of carbonyl (C=O) groups excluding carboxylic acids is 1. The highest BCUT2D eigenvalue weighted by Crippen LogP contribution is 2.21. The first-order valence-electron chi connectivity index (χ1n) is 8.49. The van der Waals surface area contributed by atoms with E-state index in [0.717, 1.165) is 25.8 Å². The van der Waals surface area contributed by atoms with Crippen molar-refractivity contribution in [2.45, 2.75) is 37.1 Å². The van der Waals surface area contributed by atoms with Gasteiger partial charge in [-0.25, -0.2) is 8.42 Å². The zero-order valence-electron chi connectivity index (χ0n) is 14.0. The molecule has 1 atom stereocenters. The van der Waals surface area contributed by atoms with E-state index in [9.17, 15) is 13.2 Å².